The van der Waals surface area contributed by atoms with Gasteiger partial charge in [0.05, 0.1) is 10.6 Å². The van der Waals surface area contributed by atoms with Crippen LogP contribution in [0.3, 0.4) is 0 Å². The van der Waals surface area contributed by atoms with E-state index in [4.69, 9.17) is 17.3 Å². The Labute approximate surface area is 87.7 Å². The molecule has 0 spiro atoms. The summed E-state index contributed by atoms with van der Waals surface area (Å²) < 4.78 is 36.2. The standard InChI is InChI=1S/C6H4ClF3N2.BrH/c7-4-2-12-5(11)1-3(4)6(8,9)10;/h1-2H,(H2,11,12);1H. The van der Waals surface area contributed by atoms with Crippen LogP contribution in [0.5, 0.6) is 0 Å². The van der Waals surface area contributed by atoms with Gasteiger partial charge in [-0.3, -0.25) is 0 Å². The fraction of sp³-hybridized carbons (Fsp3) is 0.167. The van der Waals surface area contributed by atoms with Gasteiger partial charge in [-0.1, -0.05) is 11.6 Å². The van der Waals surface area contributed by atoms with E-state index < -0.39 is 16.8 Å². The van der Waals surface area contributed by atoms with Crippen LogP contribution >= 0.6 is 28.6 Å². The molecule has 1 aromatic heterocycles. The summed E-state index contributed by atoms with van der Waals surface area (Å²) in [5, 5.41) is -0.447. The van der Waals surface area contributed by atoms with Gasteiger partial charge in [0.2, 0.25) is 0 Å². The number of rotatable bonds is 0. The van der Waals surface area contributed by atoms with Crippen LogP contribution in [-0.2, 0) is 6.18 Å². The molecule has 1 aromatic rings. The van der Waals surface area contributed by atoms with Crippen LogP contribution < -0.4 is 5.73 Å². The summed E-state index contributed by atoms with van der Waals surface area (Å²) in [6, 6.07) is 0.697. The molecule has 74 valence electrons. The third-order valence-corrected chi connectivity index (χ3v) is 1.48. The lowest BCUT2D eigenvalue weighted by molar-refractivity contribution is -0.137. The highest BCUT2D eigenvalue weighted by Crippen LogP contribution is 2.34. The van der Waals surface area contributed by atoms with Crippen molar-refractivity contribution in [2.45, 2.75) is 6.18 Å². The topological polar surface area (TPSA) is 38.9 Å². The highest BCUT2D eigenvalue weighted by molar-refractivity contribution is 8.93. The maximum absolute atomic E-state index is 12.1. The van der Waals surface area contributed by atoms with Gasteiger partial charge in [0.1, 0.15) is 5.82 Å². The van der Waals surface area contributed by atoms with E-state index in [2.05, 4.69) is 4.98 Å². The summed E-state index contributed by atoms with van der Waals surface area (Å²) in [5.41, 5.74) is 4.09. The summed E-state index contributed by atoms with van der Waals surface area (Å²) in [6.07, 6.45) is -3.60. The monoisotopic (exact) mass is 276 g/mol. The fourth-order valence-corrected chi connectivity index (χ4v) is 0.883. The average Bonchev–Trinajstić information content (AvgIpc) is 1.92. The number of hydrogen-bond acceptors (Lipinski definition) is 2. The van der Waals surface area contributed by atoms with Crippen molar-refractivity contribution in [1.82, 2.24) is 4.98 Å². The quantitative estimate of drug-likeness (QED) is 0.792. The minimum Gasteiger partial charge on any atom is -0.384 e. The molecule has 2 N–H and O–H groups in total. The molecule has 0 aliphatic heterocycles. The number of nitrogens with zero attached hydrogens (tertiary/aromatic N) is 1. The summed E-state index contributed by atoms with van der Waals surface area (Å²) >= 11 is 5.24. The predicted octanol–water partition coefficient (Wildman–Crippen LogP) is 2.91. The van der Waals surface area contributed by atoms with Crippen molar-refractivity contribution in [2.75, 3.05) is 5.73 Å². The number of alkyl halides is 3. The zero-order valence-electron chi connectivity index (χ0n) is 6.10. The molecule has 2 nitrogen and oxygen atoms in total. The number of hydrogen-bond donors (Lipinski definition) is 1. The molecule has 0 bridgehead atoms. The molecule has 1 rings (SSSR count). The van der Waals surface area contributed by atoms with Gasteiger partial charge in [0, 0.05) is 6.20 Å². The van der Waals surface area contributed by atoms with Crippen molar-refractivity contribution in [3.05, 3.63) is 22.8 Å². The minimum atomic E-state index is -4.48. The SMILES string of the molecule is Br.Nc1cc(C(F)(F)F)c(Cl)cn1. The van der Waals surface area contributed by atoms with Crippen LogP contribution in [0.25, 0.3) is 0 Å². The van der Waals surface area contributed by atoms with Crippen LogP contribution in [0.4, 0.5) is 19.0 Å². The molecule has 0 saturated heterocycles. The lowest BCUT2D eigenvalue weighted by atomic mass is 10.2. The van der Waals surface area contributed by atoms with Crippen LogP contribution in [0.15, 0.2) is 12.3 Å². The minimum absolute atomic E-state index is 0. The average molecular weight is 277 g/mol. The van der Waals surface area contributed by atoms with E-state index in [1.165, 1.54) is 0 Å². The molecular formula is C6H5BrClF3N2. The first-order valence-corrected chi connectivity index (χ1v) is 3.27. The maximum atomic E-state index is 12.1. The molecule has 13 heavy (non-hydrogen) atoms. The summed E-state index contributed by atoms with van der Waals surface area (Å²) in [6.45, 7) is 0. The number of pyridine rings is 1. The lowest BCUT2D eigenvalue weighted by Gasteiger charge is -2.07. The van der Waals surface area contributed by atoms with Gasteiger partial charge in [-0.2, -0.15) is 13.2 Å². The Morgan fingerprint density at radius 3 is 2.31 bits per heavy atom. The zero-order valence-corrected chi connectivity index (χ0v) is 8.57. The van der Waals surface area contributed by atoms with Crippen molar-refractivity contribution in [1.29, 1.82) is 0 Å². The molecule has 0 fully saturated rings. The molecule has 7 heteroatoms. The van der Waals surface area contributed by atoms with Gasteiger partial charge in [-0.05, 0) is 6.07 Å². The largest absolute Gasteiger partial charge is 0.418 e. The number of anilines is 1. The molecule has 1 heterocycles. The second-order valence-corrected chi connectivity index (χ2v) is 2.49. The molecule has 0 atom stereocenters. The second-order valence-electron chi connectivity index (χ2n) is 2.09. The van der Waals surface area contributed by atoms with Gasteiger partial charge in [0.25, 0.3) is 0 Å². The van der Waals surface area contributed by atoms with E-state index >= 15 is 0 Å². The predicted molar refractivity (Wildman–Crippen MR) is 49.0 cm³/mol. The number of halogens is 5. The van der Waals surface area contributed by atoms with Gasteiger partial charge in [-0.25, -0.2) is 4.98 Å². The van der Waals surface area contributed by atoms with Crippen molar-refractivity contribution < 1.29 is 13.2 Å². The Bertz CT molecular complexity index is 302. The Morgan fingerprint density at radius 2 is 1.92 bits per heavy atom. The van der Waals surface area contributed by atoms with Crippen molar-refractivity contribution >= 4 is 34.4 Å². The molecule has 0 radical (unpaired) electrons. The normalized spacial score (nSPS) is 10.8. The van der Waals surface area contributed by atoms with Gasteiger partial charge < -0.3 is 5.73 Å². The zero-order chi connectivity index (χ0) is 9.35. The van der Waals surface area contributed by atoms with Crippen LogP contribution in [-0.4, -0.2) is 4.98 Å². The van der Waals surface area contributed by atoms with Crippen LogP contribution in [0.2, 0.25) is 5.02 Å². The molecule has 0 saturated carbocycles. The molecule has 0 aliphatic rings. The van der Waals surface area contributed by atoms with E-state index in [0.717, 1.165) is 6.20 Å². The third-order valence-electron chi connectivity index (χ3n) is 1.18. The molecule has 0 unspecified atom stereocenters. The lowest BCUT2D eigenvalue weighted by Crippen LogP contribution is -2.07. The van der Waals surface area contributed by atoms with Crippen molar-refractivity contribution in [3.8, 4) is 0 Å². The van der Waals surface area contributed by atoms with E-state index in [1.807, 2.05) is 0 Å². The summed E-state index contributed by atoms with van der Waals surface area (Å²) in [7, 11) is 0. The van der Waals surface area contributed by atoms with Gasteiger partial charge >= 0.3 is 6.18 Å². The highest BCUT2D eigenvalue weighted by Gasteiger charge is 2.33. The first-order chi connectivity index (χ1) is 5.41. The Morgan fingerprint density at radius 1 is 1.38 bits per heavy atom. The van der Waals surface area contributed by atoms with Crippen molar-refractivity contribution in [2.24, 2.45) is 0 Å². The maximum Gasteiger partial charge on any atom is 0.418 e. The first kappa shape index (κ1) is 12.5. The third kappa shape index (κ3) is 3.04. The van der Waals surface area contributed by atoms with E-state index in [9.17, 15) is 13.2 Å². The molecule has 0 aliphatic carbocycles. The summed E-state index contributed by atoms with van der Waals surface area (Å²) in [4.78, 5) is 3.40. The highest BCUT2D eigenvalue weighted by atomic mass is 79.9. The van der Waals surface area contributed by atoms with E-state index in [-0.39, 0.29) is 22.8 Å². The fourth-order valence-electron chi connectivity index (χ4n) is 0.672. The van der Waals surface area contributed by atoms with E-state index in [1.54, 1.807) is 0 Å². The molecule has 0 aromatic carbocycles. The van der Waals surface area contributed by atoms with Gasteiger partial charge in [-0.15, -0.1) is 17.0 Å². The number of aromatic nitrogens is 1. The number of nitrogen functional groups attached to an aromatic ring is 1. The molecule has 0 amide bonds. The second kappa shape index (κ2) is 4.15. The Kier molecular flexibility index (Phi) is 3.99. The van der Waals surface area contributed by atoms with Gasteiger partial charge in [0.15, 0.2) is 0 Å². The number of nitrogens with two attached hydrogens (primary N) is 1. The van der Waals surface area contributed by atoms with Crippen LogP contribution in [0.1, 0.15) is 5.56 Å². The Hall–Kier alpha value is -0.490. The molecular weight excluding hydrogens is 272 g/mol. The Balaban J connectivity index is 0.00000144. The van der Waals surface area contributed by atoms with Crippen molar-refractivity contribution in [3.63, 3.8) is 0 Å². The first-order valence-electron chi connectivity index (χ1n) is 2.89. The van der Waals surface area contributed by atoms with Crippen LogP contribution in [0, 0.1) is 0 Å². The summed E-state index contributed by atoms with van der Waals surface area (Å²) in [5.74, 6) is -0.202. The van der Waals surface area contributed by atoms with E-state index in [0.29, 0.717) is 6.07 Å². The smallest absolute Gasteiger partial charge is 0.384 e.